The maximum absolute atomic E-state index is 4.58. The summed E-state index contributed by atoms with van der Waals surface area (Å²) >= 11 is 1.67. The zero-order chi connectivity index (χ0) is 14.2. The van der Waals surface area contributed by atoms with E-state index in [1.807, 2.05) is 37.5 Å². The molecule has 4 rings (SSSR count). The Hall–Kier alpha value is -2.46. The first-order chi connectivity index (χ1) is 10.3. The van der Waals surface area contributed by atoms with E-state index in [4.69, 9.17) is 0 Å². The van der Waals surface area contributed by atoms with Gasteiger partial charge in [-0.25, -0.2) is 9.97 Å². The molecular formula is C17H13N3S. The Bertz CT molecular complexity index is 906. The number of nitrogens with one attached hydrogen (secondary N) is 1. The Kier molecular flexibility index (Phi) is 2.82. The number of aryl methyl sites for hydroxylation is 1. The number of H-pyrrole nitrogens is 1. The molecule has 0 bridgehead atoms. The molecule has 1 N–H and O–H groups in total. The molecule has 0 spiro atoms. The lowest BCUT2D eigenvalue weighted by Crippen LogP contribution is -1.82. The van der Waals surface area contributed by atoms with Crippen molar-refractivity contribution >= 4 is 22.4 Å². The summed E-state index contributed by atoms with van der Waals surface area (Å²) in [6.45, 7) is 2.02. The topological polar surface area (TPSA) is 41.6 Å². The molecular weight excluding hydrogens is 278 g/mol. The molecule has 1 aromatic carbocycles. The van der Waals surface area contributed by atoms with Gasteiger partial charge in [0.25, 0.3) is 0 Å². The van der Waals surface area contributed by atoms with Gasteiger partial charge in [0.1, 0.15) is 5.65 Å². The molecule has 0 saturated heterocycles. The van der Waals surface area contributed by atoms with Crippen molar-refractivity contribution < 1.29 is 0 Å². The largest absolute Gasteiger partial charge is 0.345 e. The minimum Gasteiger partial charge on any atom is -0.345 e. The lowest BCUT2D eigenvalue weighted by molar-refractivity contribution is 1.30. The summed E-state index contributed by atoms with van der Waals surface area (Å²) in [5.74, 6) is 0. The molecule has 0 radical (unpaired) electrons. The first-order valence-electron chi connectivity index (χ1n) is 6.76. The van der Waals surface area contributed by atoms with Gasteiger partial charge < -0.3 is 4.98 Å². The highest BCUT2D eigenvalue weighted by atomic mass is 32.1. The van der Waals surface area contributed by atoms with Crippen LogP contribution in [0.1, 0.15) is 5.01 Å². The van der Waals surface area contributed by atoms with Crippen LogP contribution in [0.15, 0.2) is 54.2 Å². The summed E-state index contributed by atoms with van der Waals surface area (Å²) in [4.78, 5) is 12.3. The van der Waals surface area contributed by atoms with Crippen LogP contribution in [0, 0.1) is 6.92 Å². The summed E-state index contributed by atoms with van der Waals surface area (Å²) in [5.41, 5.74) is 5.31. The SMILES string of the molecule is Cc1nc(-c2c[nH]c3ncc(-c4ccccc4)cc23)cs1. The zero-order valence-electron chi connectivity index (χ0n) is 11.5. The number of hydrogen-bond donors (Lipinski definition) is 1. The van der Waals surface area contributed by atoms with Crippen LogP contribution >= 0.6 is 11.3 Å². The number of pyridine rings is 1. The minimum absolute atomic E-state index is 0.898. The molecule has 0 aliphatic rings. The highest BCUT2D eigenvalue weighted by Crippen LogP contribution is 2.31. The predicted octanol–water partition coefficient (Wildman–Crippen LogP) is 4.66. The Balaban J connectivity index is 1.90. The maximum atomic E-state index is 4.58. The molecule has 0 aliphatic carbocycles. The molecule has 102 valence electrons. The third-order valence-corrected chi connectivity index (χ3v) is 4.31. The summed E-state index contributed by atoms with van der Waals surface area (Å²) in [7, 11) is 0. The smallest absolute Gasteiger partial charge is 0.137 e. The van der Waals surface area contributed by atoms with E-state index in [9.17, 15) is 0 Å². The van der Waals surface area contributed by atoms with E-state index >= 15 is 0 Å². The van der Waals surface area contributed by atoms with Gasteiger partial charge in [-0.15, -0.1) is 11.3 Å². The van der Waals surface area contributed by atoms with Crippen molar-refractivity contribution in [1.29, 1.82) is 0 Å². The lowest BCUT2D eigenvalue weighted by atomic mass is 10.1. The van der Waals surface area contributed by atoms with E-state index in [2.05, 4.69) is 38.5 Å². The fourth-order valence-corrected chi connectivity index (χ4v) is 3.10. The third-order valence-electron chi connectivity index (χ3n) is 3.53. The molecule has 4 heteroatoms. The minimum atomic E-state index is 0.898. The van der Waals surface area contributed by atoms with Crippen LogP contribution < -0.4 is 0 Å². The van der Waals surface area contributed by atoms with Crippen molar-refractivity contribution in [2.75, 3.05) is 0 Å². The van der Waals surface area contributed by atoms with E-state index in [1.165, 1.54) is 5.56 Å². The number of aromatic amines is 1. The van der Waals surface area contributed by atoms with Crippen molar-refractivity contribution in [2.24, 2.45) is 0 Å². The number of rotatable bonds is 2. The van der Waals surface area contributed by atoms with Gasteiger partial charge in [0, 0.05) is 34.3 Å². The molecule has 3 heterocycles. The Morgan fingerprint density at radius 1 is 1.10 bits per heavy atom. The van der Waals surface area contributed by atoms with Gasteiger partial charge in [-0.3, -0.25) is 0 Å². The second kappa shape index (κ2) is 4.82. The van der Waals surface area contributed by atoms with Gasteiger partial charge >= 0.3 is 0 Å². The molecule has 3 aromatic heterocycles. The number of nitrogens with zero attached hydrogens (tertiary/aromatic N) is 2. The van der Waals surface area contributed by atoms with E-state index in [-0.39, 0.29) is 0 Å². The number of thiazole rings is 1. The molecule has 4 aromatic rings. The number of hydrogen-bond acceptors (Lipinski definition) is 3. The van der Waals surface area contributed by atoms with Crippen LogP contribution in [0.3, 0.4) is 0 Å². The van der Waals surface area contributed by atoms with Crippen LogP contribution in [0.5, 0.6) is 0 Å². The number of aromatic nitrogens is 3. The summed E-state index contributed by atoms with van der Waals surface area (Å²) in [6, 6.07) is 12.5. The predicted molar refractivity (Wildman–Crippen MR) is 87.4 cm³/mol. The van der Waals surface area contributed by atoms with E-state index in [0.717, 1.165) is 32.9 Å². The molecule has 0 unspecified atom stereocenters. The molecule has 0 atom stereocenters. The van der Waals surface area contributed by atoms with E-state index in [1.54, 1.807) is 11.3 Å². The summed E-state index contributed by atoms with van der Waals surface area (Å²) in [6.07, 6.45) is 3.89. The van der Waals surface area contributed by atoms with E-state index in [0.29, 0.717) is 0 Å². The average molecular weight is 291 g/mol. The summed E-state index contributed by atoms with van der Waals surface area (Å²) < 4.78 is 0. The number of fused-ring (bicyclic) bond motifs is 1. The van der Waals surface area contributed by atoms with Crippen LogP contribution in [0.2, 0.25) is 0 Å². The Labute approximate surface area is 126 Å². The van der Waals surface area contributed by atoms with Gasteiger partial charge in [-0.1, -0.05) is 30.3 Å². The Morgan fingerprint density at radius 3 is 2.71 bits per heavy atom. The van der Waals surface area contributed by atoms with Gasteiger partial charge in [0.2, 0.25) is 0 Å². The zero-order valence-corrected chi connectivity index (χ0v) is 12.3. The summed E-state index contributed by atoms with van der Waals surface area (Å²) in [5, 5.41) is 4.28. The first-order valence-corrected chi connectivity index (χ1v) is 7.64. The van der Waals surface area contributed by atoms with Gasteiger partial charge in [-0.05, 0) is 18.6 Å². The van der Waals surface area contributed by atoms with Gasteiger partial charge in [-0.2, -0.15) is 0 Å². The molecule has 0 fully saturated rings. The monoisotopic (exact) mass is 291 g/mol. The normalized spacial score (nSPS) is 11.1. The Morgan fingerprint density at radius 2 is 1.95 bits per heavy atom. The van der Waals surface area contributed by atoms with Crippen molar-refractivity contribution in [3.63, 3.8) is 0 Å². The first kappa shape index (κ1) is 12.3. The second-order valence-electron chi connectivity index (χ2n) is 4.94. The van der Waals surface area contributed by atoms with Gasteiger partial charge in [0.15, 0.2) is 0 Å². The van der Waals surface area contributed by atoms with Crippen LogP contribution in [0.4, 0.5) is 0 Å². The second-order valence-corrected chi connectivity index (χ2v) is 6.00. The van der Waals surface area contributed by atoms with E-state index < -0.39 is 0 Å². The fraction of sp³-hybridized carbons (Fsp3) is 0.0588. The van der Waals surface area contributed by atoms with Crippen LogP contribution in [0.25, 0.3) is 33.4 Å². The fourth-order valence-electron chi connectivity index (χ4n) is 2.49. The van der Waals surface area contributed by atoms with Gasteiger partial charge in [0.05, 0.1) is 10.7 Å². The standard InChI is InChI=1S/C17H13N3S/c1-11-20-16(10-21-11)15-9-19-17-14(15)7-13(8-18-17)12-5-3-2-4-6-12/h2-10H,1H3,(H,18,19). The molecule has 21 heavy (non-hydrogen) atoms. The quantitative estimate of drug-likeness (QED) is 0.583. The van der Waals surface area contributed by atoms with Crippen LogP contribution in [-0.2, 0) is 0 Å². The lowest BCUT2D eigenvalue weighted by Gasteiger charge is -2.02. The molecule has 0 saturated carbocycles. The highest BCUT2D eigenvalue weighted by Gasteiger charge is 2.11. The highest BCUT2D eigenvalue weighted by molar-refractivity contribution is 7.09. The van der Waals surface area contributed by atoms with Crippen molar-refractivity contribution in [3.05, 3.63) is 59.2 Å². The average Bonchev–Trinajstić information content (AvgIpc) is 3.13. The van der Waals surface area contributed by atoms with Crippen molar-refractivity contribution in [1.82, 2.24) is 15.0 Å². The van der Waals surface area contributed by atoms with Crippen molar-refractivity contribution in [2.45, 2.75) is 6.92 Å². The van der Waals surface area contributed by atoms with Crippen LogP contribution in [-0.4, -0.2) is 15.0 Å². The molecule has 3 nitrogen and oxygen atoms in total. The molecule has 0 amide bonds. The third kappa shape index (κ3) is 2.14. The maximum Gasteiger partial charge on any atom is 0.137 e. The number of benzene rings is 1. The van der Waals surface area contributed by atoms with Crippen molar-refractivity contribution in [3.8, 4) is 22.4 Å². The molecule has 0 aliphatic heterocycles.